The maximum atomic E-state index is 11.9. The second-order valence-electron chi connectivity index (χ2n) is 3.99. The molecule has 6 nitrogen and oxygen atoms in total. The number of ether oxygens (including phenoxy) is 1. The molecule has 0 fully saturated rings. The molecule has 20 heavy (non-hydrogen) atoms. The van der Waals surface area contributed by atoms with Crippen LogP contribution in [0.15, 0.2) is 24.3 Å². The maximum absolute atomic E-state index is 11.9. The number of carboxylic acid groups (broad SMARTS) is 1. The monoisotopic (exact) mass is 301 g/mol. The molecular weight excluding hydrogens is 286 g/mol. The predicted octanol–water partition coefficient (Wildman–Crippen LogP) is 1.01. The summed E-state index contributed by atoms with van der Waals surface area (Å²) >= 11 is 5.72. The van der Waals surface area contributed by atoms with Gasteiger partial charge in [-0.05, 0) is 24.3 Å². The SMILES string of the molecule is O=C(O)CCN(CCO)C(=O)COc1ccc(Cl)cc1. The fourth-order valence-electron chi connectivity index (χ4n) is 1.48. The number of carboxylic acids is 1. The number of carbonyl (C=O) groups is 2. The second kappa shape index (κ2) is 8.39. The molecule has 2 N–H and O–H groups in total. The van der Waals surface area contributed by atoms with Crippen molar-refractivity contribution in [2.75, 3.05) is 26.3 Å². The molecule has 1 aromatic carbocycles. The van der Waals surface area contributed by atoms with Gasteiger partial charge in [0.15, 0.2) is 6.61 Å². The number of aliphatic carboxylic acids is 1. The summed E-state index contributed by atoms with van der Waals surface area (Å²) in [7, 11) is 0. The first kappa shape index (κ1) is 16.3. The van der Waals surface area contributed by atoms with E-state index in [1.54, 1.807) is 24.3 Å². The van der Waals surface area contributed by atoms with E-state index in [1.807, 2.05) is 0 Å². The third kappa shape index (κ3) is 5.90. The normalized spacial score (nSPS) is 10.1. The van der Waals surface area contributed by atoms with Crippen molar-refractivity contribution >= 4 is 23.5 Å². The summed E-state index contributed by atoms with van der Waals surface area (Å²) in [5.74, 6) is -0.889. The third-order valence-corrected chi connectivity index (χ3v) is 2.75. The maximum Gasteiger partial charge on any atom is 0.305 e. The standard InChI is InChI=1S/C13H16ClNO5/c14-10-1-3-11(4-2-10)20-9-12(17)15(7-8-16)6-5-13(18)19/h1-4,16H,5-9H2,(H,18,19). The number of halogens is 1. The van der Waals surface area contributed by atoms with Gasteiger partial charge in [-0.15, -0.1) is 0 Å². The van der Waals surface area contributed by atoms with Gasteiger partial charge < -0.3 is 19.8 Å². The van der Waals surface area contributed by atoms with Crippen LogP contribution < -0.4 is 4.74 Å². The summed E-state index contributed by atoms with van der Waals surface area (Å²) < 4.78 is 5.28. The minimum absolute atomic E-state index is 0.0404. The number of hydrogen-bond acceptors (Lipinski definition) is 4. The minimum Gasteiger partial charge on any atom is -0.484 e. The van der Waals surface area contributed by atoms with E-state index in [2.05, 4.69) is 0 Å². The number of amides is 1. The Morgan fingerprint density at radius 1 is 1.20 bits per heavy atom. The summed E-state index contributed by atoms with van der Waals surface area (Å²) in [6.07, 6.45) is -0.174. The van der Waals surface area contributed by atoms with Crippen LogP contribution in [0.25, 0.3) is 0 Å². The summed E-state index contributed by atoms with van der Waals surface area (Å²) in [5, 5.41) is 18.0. The quantitative estimate of drug-likeness (QED) is 0.748. The molecule has 0 aromatic heterocycles. The van der Waals surface area contributed by atoms with Crippen LogP contribution in [0.1, 0.15) is 6.42 Å². The van der Waals surface area contributed by atoms with Crippen molar-refractivity contribution in [1.82, 2.24) is 4.90 Å². The molecule has 0 bridgehead atoms. The molecule has 0 aliphatic rings. The minimum atomic E-state index is -1.00. The largest absolute Gasteiger partial charge is 0.484 e. The zero-order valence-electron chi connectivity index (χ0n) is 10.8. The Morgan fingerprint density at radius 3 is 2.40 bits per heavy atom. The van der Waals surface area contributed by atoms with Gasteiger partial charge in [0, 0.05) is 18.1 Å². The molecule has 0 atom stereocenters. The molecule has 0 spiro atoms. The van der Waals surface area contributed by atoms with Gasteiger partial charge in [-0.2, -0.15) is 0 Å². The summed E-state index contributed by atoms with van der Waals surface area (Å²) in [6.45, 7) is -0.331. The summed E-state index contributed by atoms with van der Waals surface area (Å²) in [5.41, 5.74) is 0. The van der Waals surface area contributed by atoms with E-state index in [0.717, 1.165) is 0 Å². The number of aliphatic hydroxyl groups excluding tert-OH is 1. The van der Waals surface area contributed by atoms with Gasteiger partial charge in [0.05, 0.1) is 13.0 Å². The highest BCUT2D eigenvalue weighted by molar-refractivity contribution is 6.30. The van der Waals surface area contributed by atoms with Crippen molar-refractivity contribution in [3.05, 3.63) is 29.3 Å². The smallest absolute Gasteiger partial charge is 0.305 e. The lowest BCUT2D eigenvalue weighted by Gasteiger charge is -2.21. The Hall–Kier alpha value is -1.79. The lowest BCUT2D eigenvalue weighted by molar-refractivity contribution is -0.139. The van der Waals surface area contributed by atoms with Gasteiger partial charge in [0.25, 0.3) is 5.91 Å². The van der Waals surface area contributed by atoms with Crippen LogP contribution in [0.3, 0.4) is 0 Å². The molecule has 110 valence electrons. The molecule has 0 saturated carbocycles. The van der Waals surface area contributed by atoms with E-state index in [4.69, 9.17) is 26.6 Å². The average molecular weight is 302 g/mol. The first-order valence-electron chi connectivity index (χ1n) is 6.01. The van der Waals surface area contributed by atoms with E-state index in [9.17, 15) is 9.59 Å². The molecule has 0 saturated heterocycles. The van der Waals surface area contributed by atoms with E-state index in [-0.39, 0.29) is 38.6 Å². The van der Waals surface area contributed by atoms with Gasteiger partial charge in [0.1, 0.15) is 5.75 Å². The Labute approximate surface area is 121 Å². The molecule has 0 heterocycles. The number of aliphatic hydroxyl groups is 1. The van der Waals surface area contributed by atoms with Crippen molar-refractivity contribution in [2.24, 2.45) is 0 Å². The molecule has 0 aliphatic carbocycles. The third-order valence-electron chi connectivity index (χ3n) is 2.49. The Kier molecular flexibility index (Phi) is 6.83. The van der Waals surface area contributed by atoms with Crippen LogP contribution in [-0.2, 0) is 9.59 Å². The van der Waals surface area contributed by atoms with Gasteiger partial charge in [-0.3, -0.25) is 9.59 Å². The summed E-state index contributed by atoms with van der Waals surface area (Å²) in [4.78, 5) is 23.6. The van der Waals surface area contributed by atoms with Crippen LogP contribution in [0.2, 0.25) is 5.02 Å². The molecule has 7 heteroatoms. The molecule has 1 aromatic rings. The van der Waals surface area contributed by atoms with Crippen LogP contribution >= 0.6 is 11.6 Å². The first-order valence-corrected chi connectivity index (χ1v) is 6.39. The summed E-state index contributed by atoms with van der Waals surface area (Å²) in [6, 6.07) is 6.53. The van der Waals surface area contributed by atoms with Gasteiger partial charge in [-0.1, -0.05) is 11.6 Å². The van der Waals surface area contributed by atoms with Crippen molar-refractivity contribution in [3.63, 3.8) is 0 Å². The van der Waals surface area contributed by atoms with Gasteiger partial charge in [0.2, 0.25) is 0 Å². The number of hydrogen-bond donors (Lipinski definition) is 2. The van der Waals surface area contributed by atoms with Crippen LogP contribution in [0.5, 0.6) is 5.75 Å². The predicted molar refractivity (Wildman–Crippen MR) is 72.9 cm³/mol. The zero-order chi connectivity index (χ0) is 15.0. The zero-order valence-corrected chi connectivity index (χ0v) is 11.5. The average Bonchev–Trinajstić information content (AvgIpc) is 2.42. The molecule has 0 unspecified atom stereocenters. The molecule has 1 rings (SSSR count). The van der Waals surface area contributed by atoms with Crippen LogP contribution in [0, 0.1) is 0 Å². The van der Waals surface area contributed by atoms with Crippen molar-refractivity contribution in [1.29, 1.82) is 0 Å². The van der Waals surface area contributed by atoms with E-state index in [0.29, 0.717) is 10.8 Å². The van der Waals surface area contributed by atoms with E-state index >= 15 is 0 Å². The van der Waals surface area contributed by atoms with Crippen molar-refractivity contribution in [3.8, 4) is 5.75 Å². The first-order chi connectivity index (χ1) is 9.52. The van der Waals surface area contributed by atoms with E-state index in [1.165, 1.54) is 4.90 Å². The fourth-order valence-corrected chi connectivity index (χ4v) is 1.61. The highest BCUT2D eigenvalue weighted by atomic mass is 35.5. The fraction of sp³-hybridized carbons (Fsp3) is 0.385. The molecular formula is C13H16ClNO5. The highest BCUT2D eigenvalue weighted by Gasteiger charge is 2.14. The second-order valence-corrected chi connectivity index (χ2v) is 4.43. The van der Waals surface area contributed by atoms with Crippen LogP contribution in [0.4, 0.5) is 0 Å². The van der Waals surface area contributed by atoms with Crippen LogP contribution in [-0.4, -0.2) is 53.3 Å². The lowest BCUT2D eigenvalue weighted by atomic mass is 10.3. The lowest BCUT2D eigenvalue weighted by Crippen LogP contribution is -2.38. The van der Waals surface area contributed by atoms with Gasteiger partial charge in [-0.25, -0.2) is 0 Å². The van der Waals surface area contributed by atoms with Gasteiger partial charge >= 0.3 is 5.97 Å². The topological polar surface area (TPSA) is 87.1 Å². The Bertz CT molecular complexity index is 449. The number of carbonyl (C=O) groups excluding carboxylic acids is 1. The van der Waals surface area contributed by atoms with E-state index < -0.39 is 5.97 Å². The Balaban J connectivity index is 2.48. The number of benzene rings is 1. The van der Waals surface area contributed by atoms with Crippen molar-refractivity contribution in [2.45, 2.75) is 6.42 Å². The number of nitrogens with zero attached hydrogens (tertiary/aromatic N) is 1. The molecule has 1 amide bonds. The highest BCUT2D eigenvalue weighted by Crippen LogP contribution is 2.15. The Morgan fingerprint density at radius 2 is 1.85 bits per heavy atom. The van der Waals surface area contributed by atoms with Crippen molar-refractivity contribution < 1.29 is 24.5 Å². The molecule has 0 radical (unpaired) electrons. The number of rotatable bonds is 8. The molecule has 0 aliphatic heterocycles.